The molecule has 1 aliphatic carbocycles. The largest absolute Gasteiger partial charge is 0.425 e. The highest BCUT2D eigenvalue weighted by Gasteiger charge is 2.17. The van der Waals surface area contributed by atoms with Gasteiger partial charge in [-0.15, -0.1) is 12.6 Å². The first kappa shape index (κ1) is 8.58. The van der Waals surface area contributed by atoms with Crippen molar-refractivity contribution in [3.05, 3.63) is 0 Å². The Labute approximate surface area is 55.1 Å². The molecular weight excluding hydrogens is 142 g/mol. The SMILES string of the molecule is NCC1CC1.O=S(=O)=O. The third-order valence-electron chi connectivity index (χ3n) is 1.03. The Balaban J connectivity index is 0.000000148. The molecule has 2 N–H and O–H groups in total. The quantitative estimate of drug-likeness (QED) is 0.540. The molecule has 9 heavy (non-hydrogen) atoms. The molecule has 0 heterocycles. The van der Waals surface area contributed by atoms with Gasteiger partial charge in [-0.3, -0.25) is 0 Å². The van der Waals surface area contributed by atoms with Gasteiger partial charge in [-0.2, -0.15) is 0 Å². The molecule has 0 atom stereocenters. The zero-order valence-corrected chi connectivity index (χ0v) is 5.73. The number of nitrogens with two attached hydrogens (primary N) is 1. The predicted octanol–water partition coefficient (Wildman–Crippen LogP) is -0.649. The van der Waals surface area contributed by atoms with E-state index >= 15 is 0 Å². The van der Waals surface area contributed by atoms with E-state index in [-0.39, 0.29) is 0 Å². The molecule has 0 aromatic heterocycles. The van der Waals surface area contributed by atoms with Gasteiger partial charge in [0.15, 0.2) is 0 Å². The van der Waals surface area contributed by atoms with Crippen LogP contribution in [0.2, 0.25) is 0 Å². The number of hydrogen-bond acceptors (Lipinski definition) is 4. The third kappa shape index (κ3) is 11.3. The van der Waals surface area contributed by atoms with Crippen molar-refractivity contribution in [2.45, 2.75) is 12.8 Å². The van der Waals surface area contributed by atoms with Crippen LogP contribution in [0.4, 0.5) is 0 Å². The Morgan fingerprint density at radius 1 is 1.33 bits per heavy atom. The fourth-order valence-corrected chi connectivity index (χ4v) is 0.354. The van der Waals surface area contributed by atoms with Gasteiger partial charge in [0.2, 0.25) is 0 Å². The standard InChI is InChI=1S/C4H9N.O3S/c5-3-4-1-2-4;1-4(2)3/h4H,1-3,5H2;. The van der Waals surface area contributed by atoms with Crippen LogP contribution in [-0.2, 0) is 10.6 Å². The third-order valence-corrected chi connectivity index (χ3v) is 1.03. The molecule has 1 fully saturated rings. The smallest absolute Gasteiger partial charge is 0.330 e. The molecule has 4 nitrogen and oxygen atoms in total. The maximum atomic E-state index is 8.44. The lowest BCUT2D eigenvalue weighted by Gasteiger charge is -1.74. The Bertz CT molecular complexity index is 148. The molecule has 0 unspecified atom stereocenters. The molecule has 0 aliphatic heterocycles. The second-order valence-corrected chi connectivity index (χ2v) is 2.29. The van der Waals surface area contributed by atoms with Gasteiger partial charge >= 0.3 is 10.6 Å². The van der Waals surface area contributed by atoms with Gasteiger partial charge in [0.1, 0.15) is 0 Å². The molecule has 1 rings (SSSR count). The van der Waals surface area contributed by atoms with E-state index in [4.69, 9.17) is 18.4 Å². The number of rotatable bonds is 1. The highest BCUT2D eigenvalue weighted by molar-refractivity contribution is 7.59. The van der Waals surface area contributed by atoms with E-state index in [0.717, 1.165) is 12.5 Å². The van der Waals surface area contributed by atoms with Crippen LogP contribution in [0.3, 0.4) is 0 Å². The van der Waals surface area contributed by atoms with Gasteiger partial charge in [0.05, 0.1) is 0 Å². The van der Waals surface area contributed by atoms with E-state index in [9.17, 15) is 0 Å². The Kier molecular flexibility index (Phi) is 4.25. The normalized spacial score (nSPS) is 15.7. The van der Waals surface area contributed by atoms with Gasteiger partial charge < -0.3 is 5.73 Å². The minimum atomic E-state index is -3.11. The van der Waals surface area contributed by atoms with Crippen LogP contribution in [0.5, 0.6) is 0 Å². The highest BCUT2D eigenvalue weighted by atomic mass is 32.2. The molecule has 1 aliphatic rings. The van der Waals surface area contributed by atoms with Gasteiger partial charge in [0, 0.05) is 0 Å². The summed E-state index contributed by atoms with van der Waals surface area (Å²) in [4.78, 5) is 0. The summed E-state index contributed by atoms with van der Waals surface area (Å²) in [5.41, 5.74) is 5.23. The average molecular weight is 151 g/mol. The fourth-order valence-electron chi connectivity index (χ4n) is 0.354. The molecule has 0 aromatic rings. The summed E-state index contributed by atoms with van der Waals surface area (Å²) >= 11 is 0. The summed E-state index contributed by atoms with van der Waals surface area (Å²) in [6, 6.07) is 0. The minimum Gasteiger partial charge on any atom is -0.330 e. The lowest BCUT2D eigenvalue weighted by Crippen LogP contribution is -1.98. The van der Waals surface area contributed by atoms with Crippen molar-refractivity contribution >= 4 is 10.6 Å². The Morgan fingerprint density at radius 3 is 1.67 bits per heavy atom. The first-order valence-electron chi connectivity index (χ1n) is 2.63. The fraction of sp³-hybridized carbons (Fsp3) is 1.00. The average Bonchev–Trinajstić information content (AvgIpc) is 2.43. The first-order chi connectivity index (χ1) is 4.16. The molecule has 0 radical (unpaired) electrons. The summed E-state index contributed by atoms with van der Waals surface area (Å²) in [5, 5.41) is 0. The van der Waals surface area contributed by atoms with Crippen LogP contribution >= 0.6 is 0 Å². The summed E-state index contributed by atoms with van der Waals surface area (Å²) < 4.78 is 25.3. The minimum absolute atomic E-state index is 0.912. The predicted molar refractivity (Wildman–Crippen MR) is 31.5 cm³/mol. The molecule has 0 bridgehead atoms. The van der Waals surface area contributed by atoms with Crippen molar-refractivity contribution in [3.8, 4) is 0 Å². The molecule has 5 heteroatoms. The van der Waals surface area contributed by atoms with Gasteiger partial charge in [0.25, 0.3) is 0 Å². The Hall–Kier alpha value is -0.420. The van der Waals surface area contributed by atoms with Crippen LogP contribution in [-0.4, -0.2) is 19.2 Å². The monoisotopic (exact) mass is 151 g/mol. The lowest BCUT2D eigenvalue weighted by atomic mass is 10.5. The molecule has 0 spiro atoms. The van der Waals surface area contributed by atoms with Gasteiger partial charge in [-0.25, -0.2) is 0 Å². The Morgan fingerprint density at radius 2 is 1.67 bits per heavy atom. The zero-order chi connectivity index (χ0) is 7.28. The summed E-state index contributed by atoms with van der Waals surface area (Å²) in [5.74, 6) is 0.912. The number of hydrogen-bond donors (Lipinski definition) is 1. The summed E-state index contributed by atoms with van der Waals surface area (Å²) in [6.45, 7) is 0.917. The van der Waals surface area contributed by atoms with Crippen LogP contribution in [0.15, 0.2) is 0 Å². The van der Waals surface area contributed by atoms with Crippen molar-refractivity contribution in [3.63, 3.8) is 0 Å². The van der Waals surface area contributed by atoms with Crippen LogP contribution in [0.1, 0.15) is 12.8 Å². The molecule has 0 amide bonds. The summed E-state index contributed by atoms with van der Waals surface area (Å²) in [7, 11) is -3.11. The molecule has 0 aromatic carbocycles. The lowest BCUT2D eigenvalue weighted by molar-refractivity contribution is 0.559. The van der Waals surface area contributed by atoms with E-state index in [1.165, 1.54) is 12.8 Å². The van der Waals surface area contributed by atoms with Crippen LogP contribution in [0, 0.1) is 5.92 Å². The summed E-state index contributed by atoms with van der Waals surface area (Å²) in [6.07, 6.45) is 2.77. The van der Waals surface area contributed by atoms with Crippen molar-refractivity contribution in [2.24, 2.45) is 11.7 Å². The highest BCUT2D eigenvalue weighted by Crippen LogP contribution is 2.26. The van der Waals surface area contributed by atoms with Gasteiger partial charge in [-0.05, 0) is 25.3 Å². The molecule has 1 saturated carbocycles. The molecule has 54 valence electrons. The zero-order valence-electron chi connectivity index (χ0n) is 4.91. The van der Waals surface area contributed by atoms with Crippen molar-refractivity contribution in [1.29, 1.82) is 0 Å². The van der Waals surface area contributed by atoms with Crippen LogP contribution < -0.4 is 5.73 Å². The van der Waals surface area contributed by atoms with Gasteiger partial charge in [-0.1, -0.05) is 0 Å². The maximum Gasteiger partial charge on any atom is 0.425 e. The second-order valence-electron chi connectivity index (χ2n) is 1.88. The molecular formula is C4H9NO3S. The second kappa shape index (κ2) is 4.46. The van der Waals surface area contributed by atoms with Crippen molar-refractivity contribution in [1.82, 2.24) is 0 Å². The topological polar surface area (TPSA) is 77.2 Å². The van der Waals surface area contributed by atoms with E-state index in [1.54, 1.807) is 0 Å². The van der Waals surface area contributed by atoms with E-state index in [1.807, 2.05) is 0 Å². The van der Waals surface area contributed by atoms with E-state index in [2.05, 4.69) is 0 Å². The van der Waals surface area contributed by atoms with Crippen LogP contribution in [0.25, 0.3) is 0 Å². The van der Waals surface area contributed by atoms with Crippen molar-refractivity contribution in [2.75, 3.05) is 6.54 Å². The first-order valence-corrected chi connectivity index (χ1v) is 3.63. The molecule has 0 saturated heterocycles. The van der Waals surface area contributed by atoms with E-state index in [0.29, 0.717) is 0 Å². The maximum absolute atomic E-state index is 8.44. The van der Waals surface area contributed by atoms with E-state index < -0.39 is 10.6 Å². The van der Waals surface area contributed by atoms with Crippen molar-refractivity contribution < 1.29 is 12.6 Å².